The first-order valence-corrected chi connectivity index (χ1v) is 14.1. The van der Waals surface area contributed by atoms with Crippen LogP contribution in [0.3, 0.4) is 0 Å². The Hall–Kier alpha value is -4.09. The molecule has 0 amide bonds. The van der Waals surface area contributed by atoms with Crippen LogP contribution in [0.5, 0.6) is 11.5 Å². The largest absolute Gasteiger partial charge is 0.497 e. The standard InChI is InChI=1S/C27H27N5O4S2/c1-35-20-12-9-18(10-13-20)31-16-6-8-23(31)26-25(21-7-4-5-15-28-21)29-27(37)32(26)19-11-14-24(36-2)22(17-19)30-38(3,33)34/h4-17,25-26,30H,1-3H3,(H,29,37)/t25-,26+/m0/s1. The zero-order valence-corrected chi connectivity index (χ0v) is 22.7. The molecule has 2 aromatic carbocycles. The van der Waals surface area contributed by atoms with Gasteiger partial charge in [0.15, 0.2) is 5.11 Å². The van der Waals surface area contributed by atoms with Crippen LogP contribution in [0.25, 0.3) is 5.69 Å². The van der Waals surface area contributed by atoms with Crippen LogP contribution in [0.1, 0.15) is 23.5 Å². The number of ether oxygens (including phenoxy) is 2. The highest BCUT2D eigenvalue weighted by Crippen LogP contribution is 2.44. The van der Waals surface area contributed by atoms with Gasteiger partial charge in [0.25, 0.3) is 0 Å². The van der Waals surface area contributed by atoms with Crippen LogP contribution in [0, 0.1) is 0 Å². The quantitative estimate of drug-likeness (QED) is 0.312. The molecule has 9 nitrogen and oxygen atoms in total. The van der Waals surface area contributed by atoms with Crippen molar-refractivity contribution in [1.82, 2.24) is 14.9 Å². The van der Waals surface area contributed by atoms with Crippen LogP contribution >= 0.6 is 12.2 Å². The van der Waals surface area contributed by atoms with Crippen molar-refractivity contribution in [2.45, 2.75) is 12.1 Å². The topological polar surface area (TPSA) is 97.7 Å². The number of anilines is 2. The molecule has 11 heteroatoms. The van der Waals surface area contributed by atoms with Crippen LogP contribution in [0.2, 0.25) is 0 Å². The number of rotatable bonds is 8. The number of thiocarbonyl (C=S) groups is 1. The molecule has 0 saturated carbocycles. The fourth-order valence-electron chi connectivity index (χ4n) is 4.67. The van der Waals surface area contributed by atoms with Crippen LogP contribution in [0.15, 0.2) is 85.2 Å². The summed E-state index contributed by atoms with van der Waals surface area (Å²) in [6.45, 7) is 0. The van der Waals surface area contributed by atoms with Gasteiger partial charge >= 0.3 is 0 Å². The Morgan fingerprint density at radius 3 is 2.39 bits per heavy atom. The lowest BCUT2D eigenvalue weighted by atomic mass is 10.0. The molecule has 0 aliphatic carbocycles. The highest BCUT2D eigenvalue weighted by atomic mass is 32.2. The number of hydrogen-bond donors (Lipinski definition) is 2. The molecule has 3 heterocycles. The van der Waals surface area contributed by atoms with Crippen molar-refractivity contribution in [3.8, 4) is 17.2 Å². The van der Waals surface area contributed by atoms with Gasteiger partial charge in [-0.3, -0.25) is 9.71 Å². The van der Waals surface area contributed by atoms with Gasteiger partial charge in [-0.15, -0.1) is 0 Å². The van der Waals surface area contributed by atoms with E-state index in [-0.39, 0.29) is 12.1 Å². The molecule has 196 valence electrons. The number of nitrogens with zero attached hydrogens (tertiary/aromatic N) is 3. The molecule has 1 aliphatic heterocycles. The van der Waals surface area contributed by atoms with E-state index in [1.165, 1.54) is 7.11 Å². The molecule has 4 aromatic rings. The SMILES string of the molecule is COc1ccc(-n2cccc2[C@@H]2[C@H](c3ccccn3)NC(=S)N2c2ccc(OC)c(NS(C)(=O)=O)c2)cc1. The summed E-state index contributed by atoms with van der Waals surface area (Å²) in [4.78, 5) is 6.60. The van der Waals surface area contributed by atoms with Gasteiger partial charge in [0.1, 0.15) is 17.5 Å². The molecule has 38 heavy (non-hydrogen) atoms. The number of sulfonamides is 1. The third kappa shape index (κ3) is 5.02. The van der Waals surface area contributed by atoms with Gasteiger partial charge in [0, 0.05) is 29.5 Å². The maximum Gasteiger partial charge on any atom is 0.229 e. The Kier molecular flexibility index (Phi) is 6.96. The molecule has 0 spiro atoms. The minimum absolute atomic E-state index is 0.274. The average molecular weight is 550 g/mol. The van der Waals surface area contributed by atoms with Crippen LogP contribution in [-0.4, -0.2) is 43.6 Å². The summed E-state index contributed by atoms with van der Waals surface area (Å²) in [5.41, 5.74) is 3.76. The summed E-state index contributed by atoms with van der Waals surface area (Å²) in [6, 6.07) is 22.3. The first-order chi connectivity index (χ1) is 18.3. The molecule has 0 unspecified atom stereocenters. The first-order valence-electron chi connectivity index (χ1n) is 11.8. The maximum atomic E-state index is 12.1. The molecule has 5 rings (SSSR count). The van der Waals surface area contributed by atoms with Crippen molar-refractivity contribution in [2.75, 3.05) is 30.1 Å². The minimum atomic E-state index is -3.54. The van der Waals surface area contributed by atoms with Gasteiger partial charge in [0.2, 0.25) is 10.0 Å². The zero-order chi connectivity index (χ0) is 26.9. The van der Waals surface area contributed by atoms with Crippen molar-refractivity contribution in [3.05, 3.63) is 96.6 Å². The lowest BCUT2D eigenvalue weighted by Crippen LogP contribution is -2.30. The van der Waals surface area contributed by atoms with Gasteiger partial charge in [-0.1, -0.05) is 6.07 Å². The number of pyridine rings is 1. The van der Waals surface area contributed by atoms with Gasteiger partial charge in [-0.25, -0.2) is 8.42 Å². The third-order valence-electron chi connectivity index (χ3n) is 6.29. The van der Waals surface area contributed by atoms with Crippen molar-refractivity contribution in [2.24, 2.45) is 0 Å². The smallest absolute Gasteiger partial charge is 0.229 e. The monoisotopic (exact) mass is 549 g/mol. The molecule has 2 aromatic heterocycles. The molecule has 0 radical (unpaired) electrons. The Labute approximate surface area is 227 Å². The first kappa shape index (κ1) is 25.6. The number of methoxy groups -OCH3 is 2. The highest BCUT2D eigenvalue weighted by Gasteiger charge is 2.42. The van der Waals surface area contributed by atoms with Crippen LogP contribution in [0.4, 0.5) is 11.4 Å². The van der Waals surface area contributed by atoms with E-state index < -0.39 is 10.0 Å². The molecule has 2 atom stereocenters. The van der Waals surface area contributed by atoms with Gasteiger partial charge in [0.05, 0.1) is 37.9 Å². The third-order valence-corrected chi connectivity index (χ3v) is 7.19. The second kappa shape index (κ2) is 10.3. The predicted molar refractivity (Wildman–Crippen MR) is 152 cm³/mol. The molecular weight excluding hydrogens is 522 g/mol. The van der Waals surface area contributed by atoms with Gasteiger partial charge < -0.3 is 24.3 Å². The summed E-state index contributed by atoms with van der Waals surface area (Å²) in [5, 5.41) is 3.93. The van der Waals surface area contributed by atoms with E-state index in [0.29, 0.717) is 22.2 Å². The average Bonchev–Trinajstić information content (AvgIpc) is 3.52. The highest BCUT2D eigenvalue weighted by molar-refractivity contribution is 7.92. The number of benzene rings is 2. The Bertz CT molecular complexity index is 1560. The van der Waals surface area contributed by atoms with E-state index in [0.717, 1.165) is 29.1 Å². The fourth-order valence-corrected chi connectivity index (χ4v) is 5.58. The zero-order valence-electron chi connectivity index (χ0n) is 21.0. The molecule has 1 saturated heterocycles. The van der Waals surface area contributed by atoms with Crippen LogP contribution < -0.4 is 24.4 Å². The second-order valence-electron chi connectivity index (χ2n) is 8.76. The van der Waals surface area contributed by atoms with E-state index >= 15 is 0 Å². The predicted octanol–water partition coefficient (Wildman–Crippen LogP) is 4.44. The summed E-state index contributed by atoms with van der Waals surface area (Å²) in [7, 11) is -0.414. The second-order valence-corrected chi connectivity index (χ2v) is 10.9. The summed E-state index contributed by atoms with van der Waals surface area (Å²) < 4.78 is 39.5. The summed E-state index contributed by atoms with van der Waals surface area (Å²) in [6.07, 6.45) is 4.85. The minimum Gasteiger partial charge on any atom is -0.497 e. The van der Waals surface area contributed by atoms with Gasteiger partial charge in [-0.2, -0.15) is 0 Å². The maximum absolute atomic E-state index is 12.1. The summed E-state index contributed by atoms with van der Waals surface area (Å²) >= 11 is 5.85. The molecule has 0 bridgehead atoms. The number of hydrogen-bond acceptors (Lipinski definition) is 6. The van der Waals surface area contributed by atoms with E-state index in [9.17, 15) is 8.42 Å². The van der Waals surface area contributed by atoms with Crippen molar-refractivity contribution >= 4 is 38.7 Å². The lowest BCUT2D eigenvalue weighted by molar-refractivity contribution is 0.414. The normalized spacial score (nSPS) is 17.2. The van der Waals surface area contributed by atoms with E-state index in [1.54, 1.807) is 25.4 Å². The Balaban J connectivity index is 1.65. The number of aromatic nitrogens is 2. The Morgan fingerprint density at radius 1 is 0.974 bits per heavy atom. The van der Waals surface area contributed by atoms with Crippen molar-refractivity contribution < 1.29 is 17.9 Å². The Morgan fingerprint density at radius 2 is 1.74 bits per heavy atom. The van der Waals surface area contributed by atoms with Gasteiger partial charge in [-0.05, 0) is 78.9 Å². The van der Waals surface area contributed by atoms with E-state index in [1.807, 2.05) is 71.8 Å². The van der Waals surface area contributed by atoms with Crippen LogP contribution in [-0.2, 0) is 10.0 Å². The van der Waals surface area contributed by atoms with Crippen molar-refractivity contribution in [3.63, 3.8) is 0 Å². The van der Waals surface area contributed by atoms with E-state index in [4.69, 9.17) is 21.7 Å². The van der Waals surface area contributed by atoms with Crippen molar-refractivity contribution in [1.29, 1.82) is 0 Å². The van der Waals surface area contributed by atoms with E-state index in [2.05, 4.69) is 19.6 Å². The number of nitrogens with one attached hydrogen (secondary N) is 2. The molecule has 1 aliphatic rings. The lowest BCUT2D eigenvalue weighted by Gasteiger charge is -2.29. The summed E-state index contributed by atoms with van der Waals surface area (Å²) in [5.74, 6) is 1.17. The molecular formula is C27H27N5O4S2. The fraction of sp³-hybridized carbons (Fsp3) is 0.185. The molecule has 1 fully saturated rings. The molecule has 2 N–H and O–H groups in total.